The number of carbonyl (C=O) groups is 1. The van der Waals surface area contributed by atoms with Crippen LogP contribution in [0.25, 0.3) is 10.2 Å². The number of carbonyl (C=O) groups excluding carboxylic acids is 1. The lowest BCUT2D eigenvalue weighted by Gasteiger charge is -2.34. The Balaban J connectivity index is 1.47. The number of amides is 1. The number of nitrogens with zero attached hydrogens (tertiary/aromatic N) is 5. The zero-order valence-corrected chi connectivity index (χ0v) is 19.9. The van der Waals surface area contributed by atoms with Gasteiger partial charge in [-0.05, 0) is 18.9 Å². The first-order valence-electron chi connectivity index (χ1n) is 10.3. The topological polar surface area (TPSA) is 80.7 Å². The Bertz CT molecular complexity index is 1070. The molecule has 0 aromatic carbocycles. The van der Waals surface area contributed by atoms with Gasteiger partial charge in [0.1, 0.15) is 11.4 Å². The second-order valence-electron chi connectivity index (χ2n) is 7.47. The number of aryl methyl sites for hydroxylation is 2. The summed E-state index contributed by atoms with van der Waals surface area (Å²) in [7, 11) is 3.19. The van der Waals surface area contributed by atoms with Crippen molar-refractivity contribution in [2.24, 2.45) is 0 Å². The van der Waals surface area contributed by atoms with Gasteiger partial charge in [0.2, 0.25) is 5.88 Å². The summed E-state index contributed by atoms with van der Waals surface area (Å²) in [4.78, 5) is 32.7. The zero-order chi connectivity index (χ0) is 22.0. The maximum absolute atomic E-state index is 13.3. The Labute approximate surface area is 189 Å². The van der Waals surface area contributed by atoms with Crippen LogP contribution in [-0.2, 0) is 24.3 Å². The lowest BCUT2D eigenvalue weighted by molar-refractivity contribution is 0.0631. The van der Waals surface area contributed by atoms with E-state index in [9.17, 15) is 4.79 Å². The van der Waals surface area contributed by atoms with Crippen molar-refractivity contribution < 1.29 is 14.3 Å². The molecule has 0 radical (unpaired) electrons. The molecule has 0 saturated carbocycles. The SMILES string of the molecule is CCc1nc(CN2CCN(C(=O)c3sc4nc(COC)nc(OC)c4c3C)CC2)cs1. The zero-order valence-electron chi connectivity index (χ0n) is 18.3. The number of fused-ring (bicyclic) bond motifs is 1. The summed E-state index contributed by atoms with van der Waals surface area (Å²) in [6.45, 7) is 8.30. The third-order valence-corrected chi connectivity index (χ3v) is 7.63. The van der Waals surface area contributed by atoms with Crippen LogP contribution >= 0.6 is 22.7 Å². The van der Waals surface area contributed by atoms with Crippen LogP contribution in [0.2, 0.25) is 0 Å². The molecule has 1 amide bonds. The van der Waals surface area contributed by atoms with Crippen molar-refractivity contribution in [2.75, 3.05) is 40.4 Å². The first-order chi connectivity index (χ1) is 15.0. The molecule has 4 rings (SSSR count). The molecule has 1 saturated heterocycles. The van der Waals surface area contributed by atoms with Crippen LogP contribution in [-0.4, -0.2) is 71.1 Å². The maximum Gasteiger partial charge on any atom is 0.264 e. The highest BCUT2D eigenvalue weighted by Gasteiger charge is 2.27. The number of rotatable bonds is 7. The van der Waals surface area contributed by atoms with Crippen molar-refractivity contribution in [1.29, 1.82) is 0 Å². The Morgan fingerprint density at radius 2 is 1.94 bits per heavy atom. The van der Waals surface area contributed by atoms with Gasteiger partial charge in [-0.25, -0.2) is 9.97 Å². The average molecular weight is 462 g/mol. The third kappa shape index (κ3) is 4.57. The van der Waals surface area contributed by atoms with Crippen molar-refractivity contribution in [2.45, 2.75) is 33.4 Å². The molecule has 0 unspecified atom stereocenters. The van der Waals surface area contributed by atoms with Crippen molar-refractivity contribution in [3.8, 4) is 5.88 Å². The number of hydrogen-bond donors (Lipinski definition) is 0. The maximum atomic E-state index is 13.3. The fourth-order valence-electron chi connectivity index (χ4n) is 3.76. The summed E-state index contributed by atoms with van der Waals surface area (Å²) in [6, 6.07) is 0. The van der Waals surface area contributed by atoms with E-state index in [0.29, 0.717) is 36.3 Å². The van der Waals surface area contributed by atoms with Gasteiger partial charge in [0.05, 0.1) is 28.1 Å². The normalized spacial score (nSPS) is 15.0. The van der Waals surface area contributed by atoms with E-state index in [0.717, 1.165) is 47.5 Å². The predicted molar refractivity (Wildman–Crippen MR) is 122 cm³/mol. The minimum Gasteiger partial charge on any atom is -0.480 e. The van der Waals surface area contributed by atoms with Gasteiger partial charge in [-0.15, -0.1) is 22.7 Å². The summed E-state index contributed by atoms with van der Waals surface area (Å²) in [6.07, 6.45) is 0.976. The third-order valence-electron chi connectivity index (χ3n) is 5.41. The number of hydrogen-bond acceptors (Lipinski definition) is 9. The van der Waals surface area contributed by atoms with E-state index in [4.69, 9.17) is 9.47 Å². The fourth-order valence-corrected chi connectivity index (χ4v) is 5.65. The van der Waals surface area contributed by atoms with Gasteiger partial charge in [0.25, 0.3) is 5.91 Å². The molecule has 0 atom stereocenters. The molecule has 31 heavy (non-hydrogen) atoms. The second-order valence-corrected chi connectivity index (χ2v) is 9.41. The molecule has 3 aromatic rings. The molecule has 0 spiro atoms. The highest BCUT2D eigenvalue weighted by atomic mass is 32.1. The molecule has 0 N–H and O–H groups in total. The van der Waals surface area contributed by atoms with E-state index in [1.807, 2.05) is 11.8 Å². The molecule has 4 heterocycles. The van der Waals surface area contributed by atoms with E-state index in [2.05, 4.69) is 32.2 Å². The Kier molecular flexibility index (Phi) is 6.80. The van der Waals surface area contributed by atoms with Crippen LogP contribution in [0.1, 0.15) is 38.7 Å². The molecule has 8 nitrogen and oxygen atoms in total. The molecular formula is C21H27N5O3S2. The Morgan fingerprint density at radius 3 is 2.58 bits per heavy atom. The minimum atomic E-state index is 0.0532. The van der Waals surface area contributed by atoms with Crippen molar-refractivity contribution in [3.05, 3.63) is 32.3 Å². The smallest absolute Gasteiger partial charge is 0.264 e. The van der Waals surface area contributed by atoms with Gasteiger partial charge in [-0.3, -0.25) is 9.69 Å². The highest BCUT2D eigenvalue weighted by Crippen LogP contribution is 2.35. The summed E-state index contributed by atoms with van der Waals surface area (Å²) < 4.78 is 10.6. The first-order valence-corrected chi connectivity index (χ1v) is 12.0. The molecule has 0 bridgehead atoms. The van der Waals surface area contributed by atoms with Crippen LogP contribution in [0.5, 0.6) is 5.88 Å². The lowest BCUT2D eigenvalue weighted by Crippen LogP contribution is -2.48. The lowest BCUT2D eigenvalue weighted by atomic mass is 10.2. The molecule has 166 valence electrons. The van der Waals surface area contributed by atoms with E-state index < -0.39 is 0 Å². The van der Waals surface area contributed by atoms with Gasteiger partial charge in [0, 0.05) is 45.2 Å². The molecule has 0 aliphatic carbocycles. The molecule has 3 aromatic heterocycles. The van der Waals surface area contributed by atoms with E-state index >= 15 is 0 Å². The van der Waals surface area contributed by atoms with Crippen LogP contribution in [0.4, 0.5) is 0 Å². The fraction of sp³-hybridized carbons (Fsp3) is 0.524. The van der Waals surface area contributed by atoms with Crippen LogP contribution in [0, 0.1) is 6.92 Å². The van der Waals surface area contributed by atoms with Gasteiger partial charge < -0.3 is 14.4 Å². The quantitative estimate of drug-likeness (QED) is 0.535. The number of thiazole rings is 1. The van der Waals surface area contributed by atoms with Crippen LogP contribution in [0.3, 0.4) is 0 Å². The van der Waals surface area contributed by atoms with Crippen molar-refractivity contribution in [3.63, 3.8) is 0 Å². The number of aromatic nitrogens is 3. The van der Waals surface area contributed by atoms with E-state index in [-0.39, 0.29) is 5.91 Å². The summed E-state index contributed by atoms with van der Waals surface area (Å²) >= 11 is 3.13. The van der Waals surface area contributed by atoms with Gasteiger partial charge in [-0.2, -0.15) is 4.98 Å². The summed E-state index contributed by atoms with van der Waals surface area (Å²) in [5.74, 6) is 1.09. The Morgan fingerprint density at radius 1 is 1.16 bits per heavy atom. The summed E-state index contributed by atoms with van der Waals surface area (Å²) in [5.41, 5.74) is 2.00. The monoisotopic (exact) mass is 461 g/mol. The molecular weight excluding hydrogens is 434 g/mol. The second kappa shape index (κ2) is 9.56. The van der Waals surface area contributed by atoms with Gasteiger partial charge in [-0.1, -0.05) is 6.92 Å². The standard InChI is InChI=1S/C21H27N5O3S2/c1-5-16-22-14(12-30-16)10-25-6-8-26(9-7-25)21(27)18-13(2)17-19(29-4)23-15(11-28-3)24-20(17)31-18/h12H,5-11H2,1-4H3. The number of ether oxygens (including phenoxy) is 2. The van der Waals surface area contributed by atoms with Crippen molar-refractivity contribution >= 4 is 38.8 Å². The van der Waals surface area contributed by atoms with Gasteiger partial charge in [0.15, 0.2) is 5.82 Å². The van der Waals surface area contributed by atoms with Crippen molar-refractivity contribution in [1.82, 2.24) is 24.8 Å². The number of thiophene rings is 1. The van der Waals surface area contributed by atoms with Gasteiger partial charge >= 0.3 is 0 Å². The van der Waals surface area contributed by atoms with E-state index in [1.165, 1.54) is 16.3 Å². The number of methoxy groups -OCH3 is 2. The highest BCUT2D eigenvalue weighted by molar-refractivity contribution is 7.20. The first kappa shape index (κ1) is 22.1. The molecule has 10 heteroatoms. The summed E-state index contributed by atoms with van der Waals surface area (Å²) in [5, 5.41) is 4.13. The van der Waals surface area contributed by atoms with E-state index in [1.54, 1.807) is 25.6 Å². The van der Waals surface area contributed by atoms with Crippen LogP contribution in [0.15, 0.2) is 5.38 Å². The largest absolute Gasteiger partial charge is 0.480 e. The predicted octanol–water partition coefficient (Wildman–Crippen LogP) is 3.13. The molecule has 1 aliphatic rings. The van der Waals surface area contributed by atoms with Crippen LogP contribution < -0.4 is 4.74 Å². The number of piperazine rings is 1. The Hall–Kier alpha value is -2.14. The minimum absolute atomic E-state index is 0.0532. The molecule has 1 fully saturated rings. The average Bonchev–Trinajstić information content (AvgIpc) is 3.37. The molecule has 1 aliphatic heterocycles.